The maximum Gasteiger partial charge on any atom is 0.319 e. The number of hydrogen-bond acceptors (Lipinski definition) is 7. The number of ether oxygens (including phenoxy) is 1. The molecule has 30 heavy (non-hydrogen) atoms. The smallest absolute Gasteiger partial charge is 0.319 e. The Morgan fingerprint density at radius 2 is 1.77 bits per heavy atom. The van der Waals surface area contributed by atoms with Crippen molar-refractivity contribution >= 4 is 5.69 Å². The van der Waals surface area contributed by atoms with E-state index in [0.717, 1.165) is 12.1 Å². The fourth-order valence-electron chi connectivity index (χ4n) is 3.24. The van der Waals surface area contributed by atoms with E-state index in [-0.39, 0.29) is 35.3 Å². The second-order valence-corrected chi connectivity index (χ2v) is 7.58. The zero-order chi connectivity index (χ0) is 22.0. The molecular weight excluding hydrogens is 384 g/mol. The summed E-state index contributed by atoms with van der Waals surface area (Å²) in [7, 11) is 1.60. The molecule has 0 aliphatic heterocycles. The molecule has 4 N–H and O–H groups in total. The van der Waals surface area contributed by atoms with Crippen molar-refractivity contribution in [1.82, 2.24) is 14.8 Å². The van der Waals surface area contributed by atoms with Gasteiger partial charge in [-0.05, 0) is 49.1 Å². The third-order valence-electron chi connectivity index (χ3n) is 5.11. The Hall–Kier alpha value is -3.42. The monoisotopic (exact) mass is 412 g/mol. The topological polar surface area (TPSA) is 113 Å². The predicted molar refractivity (Wildman–Crippen MR) is 116 cm³/mol. The molecule has 0 saturated carbocycles. The normalized spacial score (nSPS) is 12.2. The number of aromatic nitrogens is 3. The highest BCUT2D eigenvalue weighted by Crippen LogP contribution is 2.39. The van der Waals surface area contributed by atoms with Crippen LogP contribution in [0.2, 0.25) is 0 Å². The molecule has 0 aliphatic carbocycles. The molecule has 0 saturated heterocycles. The molecule has 3 aromatic rings. The van der Waals surface area contributed by atoms with Gasteiger partial charge < -0.3 is 25.4 Å². The highest BCUT2D eigenvalue weighted by molar-refractivity contribution is 5.71. The van der Waals surface area contributed by atoms with Gasteiger partial charge in [0.05, 0.1) is 24.0 Å². The number of rotatable bonds is 7. The second kappa shape index (κ2) is 8.52. The van der Waals surface area contributed by atoms with Crippen LogP contribution in [0, 0.1) is 0 Å². The van der Waals surface area contributed by atoms with Crippen LogP contribution >= 0.6 is 0 Å². The summed E-state index contributed by atoms with van der Waals surface area (Å²) in [5, 5.41) is 42.3. The fraction of sp³-hybridized carbons (Fsp3) is 0.364. The summed E-state index contributed by atoms with van der Waals surface area (Å²) in [6.45, 7) is 8.02. The largest absolute Gasteiger partial charge is 0.508 e. The number of hydrogen-bond donors (Lipinski definition) is 4. The highest BCUT2D eigenvalue weighted by Gasteiger charge is 2.21. The Morgan fingerprint density at radius 1 is 1.03 bits per heavy atom. The lowest BCUT2D eigenvalue weighted by Crippen LogP contribution is -2.14. The molecule has 0 amide bonds. The first-order valence-electron chi connectivity index (χ1n) is 9.92. The minimum atomic E-state index is -0.316. The Kier molecular flexibility index (Phi) is 6.05. The molecule has 1 atom stereocenters. The summed E-state index contributed by atoms with van der Waals surface area (Å²) < 4.78 is 6.89. The third-order valence-corrected chi connectivity index (χ3v) is 5.11. The summed E-state index contributed by atoms with van der Waals surface area (Å²) in [6, 6.07) is 8.24. The standard InChI is InChI=1S/C22H28N4O4/c1-6-13(4)23-17-9-14(7-8-20(17)30-5)26-21(24-25-22(26)29)16-10-15(12(2)3)18(27)11-19(16)28/h7-13,23,27-28H,6H2,1-5H3,(H,25,29). The lowest BCUT2D eigenvalue weighted by molar-refractivity contribution is 0.414. The summed E-state index contributed by atoms with van der Waals surface area (Å²) in [6.07, 6.45) is 0.926. The number of phenolic OH excluding ortho intramolecular Hbond substituents is 2. The van der Waals surface area contributed by atoms with Crippen molar-refractivity contribution < 1.29 is 20.1 Å². The van der Waals surface area contributed by atoms with Crippen LogP contribution in [-0.2, 0) is 0 Å². The van der Waals surface area contributed by atoms with Gasteiger partial charge in [0, 0.05) is 12.1 Å². The number of nitrogens with one attached hydrogen (secondary N) is 1. The van der Waals surface area contributed by atoms with Crippen LogP contribution in [0.5, 0.6) is 23.3 Å². The molecule has 1 unspecified atom stereocenters. The van der Waals surface area contributed by atoms with Crippen molar-refractivity contribution in [3.8, 4) is 40.3 Å². The molecular formula is C22H28N4O4. The van der Waals surface area contributed by atoms with Crippen LogP contribution in [0.4, 0.5) is 5.69 Å². The summed E-state index contributed by atoms with van der Waals surface area (Å²) in [5.74, 6) is 0.805. The van der Waals surface area contributed by atoms with E-state index in [4.69, 9.17) is 4.74 Å². The number of anilines is 1. The van der Waals surface area contributed by atoms with E-state index in [1.54, 1.807) is 25.3 Å². The van der Waals surface area contributed by atoms with Crippen LogP contribution < -0.4 is 10.1 Å². The summed E-state index contributed by atoms with van der Waals surface area (Å²) >= 11 is 0. The zero-order valence-corrected chi connectivity index (χ0v) is 17.8. The molecule has 0 bridgehead atoms. The fourth-order valence-corrected chi connectivity index (χ4v) is 3.24. The third kappa shape index (κ3) is 3.98. The molecule has 3 rings (SSSR count). The second-order valence-electron chi connectivity index (χ2n) is 7.58. The number of phenols is 2. The van der Waals surface area contributed by atoms with Gasteiger partial charge in [-0.15, -0.1) is 5.10 Å². The van der Waals surface area contributed by atoms with Crippen molar-refractivity contribution in [2.75, 3.05) is 12.4 Å². The molecule has 8 heteroatoms. The van der Waals surface area contributed by atoms with Crippen molar-refractivity contribution in [3.05, 3.63) is 35.9 Å². The van der Waals surface area contributed by atoms with Crippen LogP contribution in [0.3, 0.4) is 0 Å². The van der Waals surface area contributed by atoms with E-state index in [1.165, 1.54) is 10.6 Å². The highest BCUT2D eigenvalue weighted by atomic mass is 16.5. The average Bonchev–Trinajstić information content (AvgIpc) is 3.08. The Labute approximate surface area is 175 Å². The number of aromatic hydroxyl groups is 3. The molecule has 1 heterocycles. The minimum Gasteiger partial charge on any atom is -0.508 e. The SMILES string of the molecule is CCC(C)Nc1cc(-n2c(O)nnc2-c2cc(C(C)C)c(O)cc2O)ccc1OC. The maximum atomic E-state index is 10.5. The maximum absolute atomic E-state index is 10.5. The van der Waals surface area contributed by atoms with E-state index in [2.05, 4.69) is 29.4 Å². The Bertz CT molecular complexity index is 1050. The van der Waals surface area contributed by atoms with Crippen LogP contribution in [-0.4, -0.2) is 43.2 Å². The van der Waals surface area contributed by atoms with Gasteiger partial charge >= 0.3 is 6.01 Å². The minimum absolute atomic E-state index is 0.00558. The van der Waals surface area contributed by atoms with E-state index < -0.39 is 0 Å². The van der Waals surface area contributed by atoms with Crippen molar-refractivity contribution in [2.45, 2.75) is 46.1 Å². The van der Waals surface area contributed by atoms with Gasteiger partial charge in [-0.1, -0.05) is 25.9 Å². The molecule has 0 radical (unpaired) electrons. The van der Waals surface area contributed by atoms with Gasteiger partial charge in [-0.3, -0.25) is 0 Å². The molecule has 0 fully saturated rings. The number of nitrogens with zero attached hydrogens (tertiary/aromatic N) is 3. The summed E-state index contributed by atoms with van der Waals surface area (Å²) in [5.41, 5.74) is 2.38. The predicted octanol–water partition coefficient (Wildman–Crippen LogP) is 4.39. The van der Waals surface area contributed by atoms with Gasteiger partial charge in [0.15, 0.2) is 5.82 Å². The molecule has 160 valence electrons. The lowest BCUT2D eigenvalue weighted by Gasteiger charge is -2.18. The van der Waals surface area contributed by atoms with E-state index >= 15 is 0 Å². The molecule has 1 aromatic heterocycles. The van der Waals surface area contributed by atoms with Crippen molar-refractivity contribution in [1.29, 1.82) is 0 Å². The first-order chi connectivity index (χ1) is 14.3. The van der Waals surface area contributed by atoms with Gasteiger partial charge in [-0.2, -0.15) is 0 Å². The first-order valence-corrected chi connectivity index (χ1v) is 9.92. The quantitative estimate of drug-likeness (QED) is 0.455. The summed E-state index contributed by atoms with van der Waals surface area (Å²) in [4.78, 5) is 0. The average molecular weight is 412 g/mol. The first kappa shape index (κ1) is 21.3. The number of methoxy groups -OCH3 is 1. The van der Waals surface area contributed by atoms with Crippen molar-refractivity contribution in [3.63, 3.8) is 0 Å². The van der Waals surface area contributed by atoms with E-state index in [9.17, 15) is 15.3 Å². The van der Waals surface area contributed by atoms with Gasteiger partial charge in [0.2, 0.25) is 0 Å². The van der Waals surface area contributed by atoms with E-state index in [1.807, 2.05) is 19.9 Å². The van der Waals surface area contributed by atoms with Gasteiger partial charge in [-0.25, -0.2) is 4.57 Å². The lowest BCUT2D eigenvalue weighted by atomic mass is 9.98. The van der Waals surface area contributed by atoms with Crippen LogP contribution in [0.25, 0.3) is 17.1 Å². The van der Waals surface area contributed by atoms with Gasteiger partial charge in [0.25, 0.3) is 0 Å². The molecule has 2 aromatic carbocycles. The molecule has 0 spiro atoms. The molecule has 8 nitrogen and oxygen atoms in total. The Balaban J connectivity index is 2.16. The molecule has 0 aliphatic rings. The van der Waals surface area contributed by atoms with Crippen LogP contribution in [0.1, 0.15) is 45.6 Å². The van der Waals surface area contributed by atoms with E-state index in [0.29, 0.717) is 22.6 Å². The van der Waals surface area contributed by atoms with Crippen molar-refractivity contribution in [2.24, 2.45) is 0 Å². The Morgan fingerprint density at radius 3 is 2.40 bits per heavy atom. The zero-order valence-electron chi connectivity index (χ0n) is 17.8. The number of benzene rings is 2. The van der Waals surface area contributed by atoms with Gasteiger partial charge in [0.1, 0.15) is 17.2 Å². The van der Waals surface area contributed by atoms with Crippen LogP contribution in [0.15, 0.2) is 30.3 Å².